The van der Waals surface area contributed by atoms with Crippen molar-refractivity contribution in [2.45, 2.75) is 25.4 Å². The third-order valence-electron chi connectivity index (χ3n) is 6.45. The molecule has 1 fully saturated rings. The van der Waals surface area contributed by atoms with Crippen LogP contribution < -0.4 is 4.74 Å². The lowest BCUT2D eigenvalue weighted by Gasteiger charge is -2.36. The fourth-order valence-corrected chi connectivity index (χ4v) is 5.47. The number of thiophene rings is 1. The van der Waals surface area contributed by atoms with E-state index in [1.807, 2.05) is 4.90 Å². The van der Waals surface area contributed by atoms with Gasteiger partial charge in [0.25, 0.3) is 0 Å². The number of hydrogen-bond donors (Lipinski definition) is 1. The summed E-state index contributed by atoms with van der Waals surface area (Å²) in [5, 5.41) is 12.3. The minimum atomic E-state index is -1.36. The molecule has 3 atom stereocenters. The average molecular weight is 519 g/mol. The first kappa shape index (κ1) is 25.4. The molecule has 0 bridgehead atoms. The van der Waals surface area contributed by atoms with E-state index < -0.39 is 18.1 Å². The lowest BCUT2D eigenvalue weighted by Crippen LogP contribution is -2.44. The van der Waals surface area contributed by atoms with Crippen molar-refractivity contribution in [1.82, 2.24) is 9.88 Å². The molecule has 1 aromatic carbocycles. The van der Waals surface area contributed by atoms with E-state index in [1.54, 1.807) is 23.6 Å². The Bertz CT molecular complexity index is 1270. The van der Waals surface area contributed by atoms with Crippen LogP contribution in [0.1, 0.15) is 35.9 Å². The summed E-state index contributed by atoms with van der Waals surface area (Å²) in [5.74, 6) is 4.31. The fraction of sp³-hybridized carbons (Fsp3) is 0.385. The average Bonchev–Trinajstić information content (AvgIpc) is 3.26. The van der Waals surface area contributed by atoms with Gasteiger partial charge in [0.15, 0.2) is 0 Å². The minimum absolute atomic E-state index is 0.155. The van der Waals surface area contributed by atoms with Crippen LogP contribution in [-0.2, 0) is 4.79 Å². The Hall–Kier alpha value is -2.73. The third kappa shape index (κ3) is 5.92. The second-order valence-corrected chi connectivity index (χ2v) is 9.90. The van der Waals surface area contributed by atoms with Crippen molar-refractivity contribution in [3.05, 3.63) is 57.1 Å². The Morgan fingerprint density at radius 1 is 1.43 bits per heavy atom. The molecule has 1 aliphatic heterocycles. The Balaban J connectivity index is 1.41. The van der Waals surface area contributed by atoms with Gasteiger partial charge in [-0.2, -0.15) is 0 Å². The van der Waals surface area contributed by atoms with E-state index in [-0.39, 0.29) is 23.2 Å². The normalized spacial score (nSPS) is 19.2. The molecule has 0 aliphatic carbocycles. The predicted octanol–water partition coefficient (Wildman–Crippen LogP) is 5.96. The summed E-state index contributed by atoms with van der Waals surface area (Å²) in [6, 6.07) is 6.61. The SMILES string of the molecule is COc1ccc2ncc(Cl)c(C(F)CCC3CCN(CC#Cc4sccc4F)CC3C(=O)O)c2c1. The molecule has 1 N–H and O–H groups in total. The summed E-state index contributed by atoms with van der Waals surface area (Å²) in [5.41, 5.74) is 0.976. The van der Waals surface area contributed by atoms with Gasteiger partial charge in [0.05, 0.1) is 30.1 Å². The van der Waals surface area contributed by atoms with Gasteiger partial charge in [0, 0.05) is 23.7 Å². The third-order valence-corrected chi connectivity index (χ3v) is 7.56. The van der Waals surface area contributed by atoms with Crippen molar-refractivity contribution in [3.63, 3.8) is 0 Å². The Kier molecular flexibility index (Phi) is 8.22. The van der Waals surface area contributed by atoms with Crippen LogP contribution in [0.15, 0.2) is 35.8 Å². The molecule has 184 valence electrons. The van der Waals surface area contributed by atoms with E-state index >= 15 is 4.39 Å². The molecule has 4 rings (SSSR count). The quantitative estimate of drug-likeness (QED) is 0.391. The number of likely N-dealkylation sites (tertiary alicyclic amines) is 1. The van der Waals surface area contributed by atoms with Crippen LogP contribution >= 0.6 is 22.9 Å². The maximum atomic E-state index is 15.5. The number of aliphatic carboxylic acids is 1. The number of rotatable bonds is 7. The zero-order valence-electron chi connectivity index (χ0n) is 19.1. The second-order valence-electron chi connectivity index (χ2n) is 8.58. The smallest absolute Gasteiger partial charge is 0.308 e. The summed E-state index contributed by atoms with van der Waals surface area (Å²) < 4.78 is 34.3. The molecule has 0 radical (unpaired) electrons. The zero-order valence-corrected chi connectivity index (χ0v) is 20.7. The molecular formula is C26H25ClF2N2O3S. The van der Waals surface area contributed by atoms with Crippen LogP contribution in [0.4, 0.5) is 8.78 Å². The predicted molar refractivity (Wildman–Crippen MR) is 133 cm³/mol. The number of nitrogens with zero attached hydrogens (tertiary/aromatic N) is 2. The monoisotopic (exact) mass is 518 g/mol. The van der Waals surface area contributed by atoms with Gasteiger partial charge >= 0.3 is 5.97 Å². The number of carboxylic acids is 1. The Labute approximate surface area is 211 Å². The molecule has 1 aliphatic rings. The number of fused-ring (bicyclic) bond motifs is 1. The molecular weight excluding hydrogens is 494 g/mol. The second kappa shape index (κ2) is 11.3. The highest BCUT2D eigenvalue weighted by Gasteiger charge is 2.34. The number of pyridine rings is 1. The minimum Gasteiger partial charge on any atom is -0.497 e. The fourth-order valence-electron chi connectivity index (χ4n) is 4.57. The van der Waals surface area contributed by atoms with E-state index in [0.29, 0.717) is 59.6 Å². The van der Waals surface area contributed by atoms with E-state index in [9.17, 15) is 14.3 Å². The summed E-state index contributed by atoms with van der Waals surface area (Å²) in [6.07, 6.45) is 1.28. The first-order valence-electron chi connectivity index (χ1n) is 11.3. The van der Waals surface area contributed by atoms with Crippen LogP contribution in [0, 0.1) is 29.5 Å². The van der Waals surface area contributed by atoms with Crippen LogP contribution in [0.25, 0.3) is 10.9 Å². The molecule has 0 saturated carbocycles. The summed E-state index contributed by atoms with van der Waals surface area (Å²) in [7, 11) is 1.54. The number of hydrogen-bond acceptors (Lipinski definition) is 5. The van der Waals surface area contributed by atoms with Crippen LogP contribution in [-0.4, -0.2) is 47.7 Å². The topological polar surface area (TPSA) is 62.7 Å². The van der Waals surface area contributed by atoms with Crippen LogP contribution in [0.3, 0.4) is 0 Å². The highest BCUT2D eigenvalue weighted by molar-refractivity contribution is 7.10. The van der Waals surface area contributed by atoms with Crippen LogP contribution in [0.5, 0.6) is 5.75 Å². The summed E-state index contributed by atoms with van der Waals surface area (Å²) in [6.45, 7) is 1.35. The van der Waals surface area contributed by atoms with Gasteiger partial charge in [0.2, 0.25) is 0 Å². The molecule has 9 heteroatoms. The van der Waals surface area contributed by atoms with Crippen molar-refractivity contribution in [2.24, 2.45) is 11.8 Å². The standard InChI is InChI=1S/C26H25ClF2N2O3S/c1-34-17-5-7-23-18(13-17)25(20(27)14-30-23)22(29)6-4-16-8-11-31(15-19(16)26(32)33)10-2-3-24-21(28)9-12-35-24/h5,7,9,12-14,16,19,22H,4,6,8,10-11,15H2,1H3,(H,32,33). The lowest BCUT2D eigenvalue weighted by atomic mass is 9.81. The van der Waals surface area contributed by atoms with Gasteiger partial charge in [-0.1, -0.05) is 23.4 Å². The van der Waals surface area contributed by atoms with Gasteiger partial charge in [-0.25, -0.2) is 8.78 Å². The number of methoxy groups -OCH3 is 1. The van der Waals surface area contributed by atoms with Crippen molar-refractivity contribution in [1.29, 1.82) is 0 Å². The van der Waals surface area contributed by atoms with Gasteiger partial charge in [-0.05, 0) is 61.4 Å². The molecule has 2 aromatic heterocycles. The molecule has 3 unspecified atom stereocenters. The van der Waals surface area contributed by atoms with Crippen molar-refractivity contribution in [3.8, 4) is 17.6 Å². The molecule has 0 amide bonds. The maximum absolute atomic E-state index is 15.5. The van der Waals surface area contributed by atoms with E-state index in [4.69, 9.17) is 16.3 Å². The molecule has 0 spiro atoms. The maximum Gasteiger partial charge on any atom is 0.308 e. The molecule has 35 heavy (non-hydrogen) atoms. The summed E-state index contributed by atoms with van der Waals surface area (Å²) >= 11 is 7.56. The number of halogens is 3. The van der Waals surface area contributed by atoms with Gasteiger partial charge < -0.3 is 9.84 Å². The molecule has 1 saturated heterocycles. The largest absolute Gasteiger partial charge is 0.497 e. The number of ether oxygens (including phenoxy) is 1. The van der Waals surface area contributed by atoms with E-state index in [0.717, 1.165) is 0 Å². The Morgan fingerprint density at radius 3 is 2.97 bits per heavy atom. The molecule has 3 aromatic rings. The number of alkyl halides is 1. The first-order valence-corrected chi connectivity index (χ1v) is 12.6. The van der Waals surface area contributed by atoms with Gasteiger partial charge in [-0.15, -0.1) is 11.3 Å². The molecule has 5 nitrogen and oxygen atoms in total. The number of carbonyl (C=O) groups is 1. The zero-order chi connectivity index (χ0) is 24.9. The van der Waals surface area contributed by atoms with Crippen molar-refractivity contribution in [2.75, 3.05) is 26.7 Å². The Morgan fingerprint density at radius 2 is 2.26 bits per heavy atom. The van der Waals surface area contributed by atoms with Gasteiger partial charge in [0.1, 0.15) is 22.6 Å². The number of piperidine rings is 1. The first-order chi connectivity index (χ1) is 16.9. The van der Waals surface area contributed by atoms with Crippen LogP contribution in [0.2, 0.25) is 5.02 Å². The number of aromatic nitrogens is 1. The molecule has 3 heterocycles. The highest BCUT2D eigenvalue weighted by atomic mass is 35.5. The number of carboxylic acid groups (broad SMARTS) is 1. The lowest BCUT2D eigenvalue weighted by molar-refractivity contribution is -0.146. The van der Waals surface area contributed by atoms with Crippen molar-refractivity contribution < 1.29 is 23.4 Å². The van der Waals surface area contributed by atoms with Crippen molar-refractivity contribution >= 4 is 39.8 Å². The van der Waals surface area contributed by atoms with E-state index in [2.05, 4.69) is 16.8 Å². The number of benzene rings is 1. The summed E-state index contributed by atoms with van der Waals surface area (Å²) in [4.78, 5) is 18.6. The van der Waals surface area contributed by atoms with E-state index in [1.165, 1.54) is 30.7 Å². The highest BCUT2D eigenvalue weighted by Crippen LogP contribution is 2.38. The van der Waals surface area contributed by atoms with Gasteiger partial charge in [-0.3, -0.25) is 14.7 Å².